The molecule has 2 fully saturated rings. The average molecular weight is 248 g/mol. The van der Waals surface area contributed by atoms with Crippen LogP contribution in [0.1, 0.15) is 19.3 Å². The van der Waals surface area contributed by atoms with Gasteiger partial charge in [0.15, 0.2) is 5.82 Å². The normalized spacial score (nSPS) is 24.4. The number of hydrogen-bond acceptors (Lipinski definition) is 4. The third-order valence-electron chi connectivity index (χ3n) is 3.96. The molecule has 5 nitrogen and oxygen atoms in total. The van der Waals surface area contributed by atoms with E-state index in [0.29, 0.717) is 11.7 Å². The molecule has 3 rings (SSSR count). The Hall–Kier alpha value is -1.36. The highest BCUT2D eigenvalue weighted by Crippen LogP contribution is 2.31. The Morgan fingerprint density at radius 1 is 1.44 bits per heavy atom. The summed E-state index contributed by atoms with van der Waals surface area (Å²) in [6.45, 7) is 3.25. The van der Waals surface area contributed by atoms with E-state index in [1.807, 2.05) is 0 Å². The van der Waals surface area contributed by atoms with Crippen LogP contribution in [0.4, 0.5) is 5.82 Å². The molecule has 1 saturated carbocycles. The lowest BCUT2D eigenvalue weighted by molar-refractivity contribution is 0.316. The first-order chi connectivity index (χ1) is 8.74. The van der Waals surface area contributed by atoms with Gasteiger partial charge < -0.3 is 14.8 Å². The number of aryl methyl sites for hydroxylation is 1. The molecule has 18 heavy (non-hydrogen) atoms. The van der Waals surface area contributed by atoms with Gasteiger partial charge in [-0.3, -0.25) is 4.79 Å². The van der Waals surface area contributed by atoms with Gasteiger partial charge in [-0.15, -0.1) is 0 Å². The first-order valence-electron chi connectivity index (χ1n) is 6.73. The number of nitrogens with zero attached hydrogens (tertiary/aromatic N) is 3. The standard InChI is InChI=1S/C13H20N4O/c1-16-7-5-14-12(13(16)18)15-8-10-4-6-17(9-10)11-2-3-11/h5,7,10-11H,2-4,6,8-9H2,1H3,(H,14,15). The summed E-state index contributed by atoms with van der Waals surface area (Å²) in [5.41, 5.74) is -0.0467. The Kier molecular flexibility index (Phi) is 3.07. The Morgan fingerprint density at radius 2 is 2.28 bits per heavy atom. The summed E-state index contributed by atoms with van der Waals surface area (Å²) in [5.74, 6) is 1.13. The third kappa shape index (κ3) is 2.41. The highest BCUT2D eigenvalue weighted by molar-refractivity contribution is 5.30. The molecule has 1 aromatic heterocycles. The first-order valence-corrected chi connectivity index (χ1v) is 6.73. The van der Waals surface area contributed by atoms with Crippen molar-refractivity contribution in [3.63, 3.8) is 0 Å². The van der Waals surface area contributed by atoms with Crippen LogP contribution in [0.25, 0.3) is 0 Å². The minimum absolute atomic E-state index is 0.0467. The Morgan fingerprint density at radius 3 is 3.06 bits per heavy atom. The summed E-state index contributed by atoms with van der Waals surface area (Å²) in [6.07, 6.45) is 7.32. The van der Waals surface area contributed by atoms with Gasteiger partial charge in [-0.05, 0) is 31.7 Å². The molecular weight excluding hydrogens is 228 g/mol. The fourth-order valence-corrected chi connectivity index (χ4v) is 2.66. The molecule has 2 aliphatic rings. The molecule has 1 unspecified atom stereocenters. The van der Waals surface area contributed by atoms with E-state index in [9.17, 15) is 4.79 Å². The molecule has 1 aliphatic carbocycles. The van der Waals surface area contributed by atoms with Crippen molar-refractivity contribution in [2.24, 2.45) is 13.0 Å². The third-order valence-corrected chi connectivity index (χ3v) is 3.96. The van der Waals surface area contributed by atoms with Gasteiger partial charge in [0.05, 0.1) is 0 Å². The van der Waals surface area contributed by atoms with Crippen LogP contribution in [0.15, 0.2) is 17.2 Å². The van der Waals surface area contributed by atoms with Gasteiger partial charge in [-0.2, -0.15) is 0 Å². The van der Waals surface area contributed by atoms with Gasteiger partial charge in [0, 0.05) is 38.6 Å². The molecule has 0 spiro atoms. The van der Waals surface area contributed by atoms with Crippen molar-refractivity contribution in [2.75, 3.05) is 25.0 Å². The first kappa shape index (κ1) is 11.7. The summed E-state index contributed by atoms with van der Waals surface area (Å²) in [5, 5.41) is 3.20. The number of hydrogen-bond donors (Lipinski definition) is 1. The second kappa shape index (κ2) is 4.72. The van der Waals surface area contributed by atoms with Crippen molar-refractivity contribution >= 4 is 5.82 Å². The largest absolute Gasteiger partial charge is 0.365 e. The zero-order valence-corrected chi connectivity index (χ0v) is 10.8. The molecule has 1 aliphatic heterocycles. The molecule has 0 aromatic carbocycles. The van der Waals surface area contributed by atoms with Crippen LogP contribution in [-0.4, -0.2) is 40.1 Å². The molecule has 1 N–H and O–H groups in total. The van der Waals surface area contributed by atoms with Crippen LogP contribution in [-0.2, 0) is 7.05 Å². The van der Waals surface area contributed by atoms with Crippen molar-refractivity contribution in [2.45, 2.75) is 25.3 Å². The smallest absolute Gasteiger partial charge is 0.293 e. The maximum atomic E-state index is 11.8. The van der Waals surface area contributed by atoms with E-state index >= 15 is 0 Å². The lowest BCUT2D eigenvalue weighted by Gasteiger charge is -2.15. The minimum Gasteiger partial charge on any atom is -0.365 e. The van der Waals surface area contributed by atoms with E-state index in [4.69, 9.17) is 0 Å². The number of likely N-dealkylation sites (tertiary alicyclic amines) is 1. The summed E-state index contributed by atoms with van der Waals surface area (Å²) < 4.78 is 1.56. The van der Waals surface area contributed by atoms with Crippen molar-refractivity contribution in [1.82, 2.24) is 14.5 Å². The van der Waals surface area contributed by atoms with Gasteiger partial charge >= 0.3 is 0 Å². The minimum atomic E-state index is -0.0467. The fourth-order valence-electron chi connectivity index (χ4n) is 2.66. The quantitative estimate of drug-likeness (QED) is 0.851. The predicted octanol–water partition coefficient (Wildman–Crippen LogP) is 0.676. The van der Waals surface area contributed by atoms with Gasteiger partial charge in [-0.1, -0.05) is 0 Å². The van der Waals surface area contributed by atoms with Crippen molar-refractivity contribution < 1.29 is 0 Å². The molecule has 0 bridgehead atoms. The predicted molar refractivity (Wildman–Crippen MR) is 70.7 cm³/mol. The lowest BCUT2D eigenvalue weighted by Crippen LogP contribution is -2.27. The molecular formula is C13H20N4O. The van der Waals surface area contributed by atoms with E-state index in [2.05, 4.69) is 15.2 Å². The molecule has 98 valence electrons. The number of nitrogens with one attached hydrogen (secondary N) is 1. The van der Waals surface area contributed by atoms with Crippen LogP contribution in [0.2, 0.25) is 0 Å². The van der Waals surface area contributed by atoms with Crippen molar-refractivity contribution in [3.8, 4) is 0 Å². The van der Waals surface area contributed by atoms with E-state index in [0.717, 1.165) is 12.6 Å². The van der Waals surface area contributed by atoms with Crippen molar-refractivity contribution in [3.05, 3.63) is 22.7 Å². The molecule has 1 atom stereocenters. The summed E-state index contributed by atoms with van der Waals surface area (Å²) in [6, 6.07) is 0.859. The van der Waals surface area contributed by atoms with Crippen LogP contribution in [0, 0.1) is 5.92 Å². The number of anilines is 1. The van der Waals surface area contributed by atoms with Crippen molar-refractivity contribution in [1.29, 1.82) is 0 Å². The Balaban J connectivity index is 1.55. The second-order valence-electron chi connectivity index (χ2n) is 5.45. The highest BCUT2D eigenvalue weighted by Gasteiger charge is 2.34. The number of aromatic nitrogens is 2. The molecule has 5 heteroatoms. The van der Waals surface area contributed by atoms with Gasteiger partial charge in [0.2, 0.25) is 0 Å². The monoisotopic (exact) mass is 248 g/mol. The summed E-state index contributed by atoms with van der Waals surface area (Å²) in [4.78, 5) is 18.5. The summed E-state index contributed by atoms with van der Waals surface area (Å²) >= 11 is 0. The SMILES string of the molecule is Cn1ccnc(NCC2CCN(C3CC3)C2)c1=O. The fraction of sp³-hybridized carbons (Fsp3) is 0.692. The molecule has 1 saturated heterocycles. The van der Waals surface area contributed by atoms with Crippen LogP contribution in [0.5, 0.6) is 0 Å². The van der Waals surface area contributed by atoms with E-state index in [1.54, 1.807) is 24.0 Å². The lowest BCUT2D eigenvalue weighted by atomic mass is 10.1. The maximum absolute atomic E-state index is 11.8. The zero-order valence-electron chi connectivity index (χ0n) is 10.8. The van der Waals surface area contributed by atoms with Gasteiger partial charge in [0.25, 0.3) is 5.56 Å². The molecule has 2 heterocycles. The maximum Gasteiger partial charge on any atom is 0.293 e. The highest BCUT2D eigenvalue weighted by atomic mass is 16.1. The molecule has 1 aromatic rings. The average Bonchev–Trinajstić information content (AvgIpc) is 3.11. The Labute approximate surface area is 107 Å². The zero-order chi connectivity index (χ0) is 12.5. The second-order valence-corrected chi connectivity index (χ2v) is 5.45. The van der Waals surface area contributed by atoms with Crippen LogP contribution < -0.4 is 10.9 Å². The number of rotatable bonds is 4. The Bertz CT molecular complexity index is 480. The van der Waals surface area contributed by atoms with E-state index < -0.39 is 0 Å². The molecule has 0 amide bonds. The van der Waals surface area contributed by atoms with Crippen LogP contribution in [0.3, 0.4) is 0 Å². The summed E-state index contributed by atoms with van der Waals surface area (Å²) in [7, 11) is 1.75. The van der Waals surface area contributed by atoms with Gasteiger partial charge in [-0.25, -0.2) is 4.98 Å². The topological polar surface area (TPSA) is 50.2 Å². The molecule has 0 radical (unpaired) electrons. The van der Waals surface area contributed by atoms with Gasteiger partial charge in [0.1, 0.15) is 0 Å². The van der Waals surface area contributed by atoms with Crippen LogP contribution >= 0.6 is 0 Å². The van der Waals surface area contributed by atoms with E-state index in [1.165, 1.54) is 32.4 Å². The van der Waals surface area contributed by atoms with E-state index in [-0.39, 0.29) is 5.56 Å².